The van der Waals surface area contributed by atoms with Crippen LogP contribution in [-0.4, -0.2) is 36.7 Å². The van der Waals surface area contributed by atoms with E-state index in [4.69, 9.17) is 5.14 Å². The molecule has 4 rings (SSSR count). The highest BCUT2D eigenvalue weighted by Gasteiger charge is 2.64. The van der Waals surface area contributed by atoms with E-state index in [1.165, 1.54) is 0 Å². The third-order valence-electron chi connectivity index (χ3n) is 10.9. The number of aliphatic hydroxyl groups excluding tert-OH is 2. The minimum absolute atomic E-state index is 0.0408. The largest absolute Gasteiger partial charge is 0.393 e. The first-order chi connectivity index (χ1) is 15.3. The van der Waals surface area contributed by atoms with Gasteiger partial charge in [-0.2, -0.15) is 8.42 Å². The minimum atomic E-state index is -4.04. The molecular formula is C25H44N2O5S. The highest BCUT2D eigenvalue weighted by atomic mass is 32.2. The van der Waals surface area contributed by atoms with Gasteiger partial charge in [0.05, 0.1) is 12.2 Å². The van der Waals surface area contributed by atoms with Gasteiger partial charge >= 0.3 is 0 Å². The van der Waals surface area contributed by atoms with Crippen LogP contribution in [0, 0.1) is 52.3 Å². The maximum Gasteiger partial charge on any atom is 0.298 e. The molecule has 1 unspecified atom stereocenters. The van der Waals surface area contributed by atoms with Gasteiger partial charge in [0.2, 0.25) is 5.91 Å². The number of fused-ring (bicyclic) bond motifs is 5. The normalized spacial score (nSPS) is 48.3. The van der Waals surface area contributed by atoms with Crippen molar-refractivity contribution >= 4 is 16.1 Å². The Hall–Kier alpha value is -0.700. The van der Waals surface area contributed by atoms with Crippen molar-refractivity contribution in [2.24, 2.45) is 57.4 Å². The number of nitrogens with two attached hydrogens (primary N) is 1. The molecule has 0 aromatic carbocycles. The molecule has 0 bridgehead atoms. The lowest BCUT2D eigenvalue weighted by molar-refractivity contribution is -0.203. The summed E-state index contributed by atoms with van der Waals surface area (Å²) in [5, 5.41) is 27.1. The number of hydrogen-bond donors (Lipinski definition) is 4. The van der Waals surface area contributed by atoms with Crippen molar-refractivity contribution in [2.45, 2.75) is 97.7 Å². The molecule has 4 aliphatic carbocycles. The van der Waals surface area contributed by atoms with Gasteiger partial charge in [-0.1, -0.05) is 34.1 Å². The smallest absolute Gasteiger partial charge is 0.298 e. The SMILES string of the molecule is CC[C@H]1[C@@H](O)[C@@H]2[C@H](CC[C@]3(C)[C@@H](C(C)CC(=O)NS(N)(=O)=O)CC[C@@H]23)[C@@]2(C)CC[C@@H](O)C[C@@H]12. The zero-order valence-electron chi connectivity index (χ0n) is 20.7. The second kappa shape index (κ2) is 8.75. The fraction of sp³-hybridized carbons (Fsp3) is 0.960. The zero-order chi connectivity index (χ0) is 24.3. The summed E-state index contributed by atoms with van der Waals surface area (Å²) in [7, 11) is -4.04. The van der Waals surface area contributed by atoms with E-state index < -0.39 is 16.1 Å². The molecule has 4 fully saturated rings. The number of aliphatic hydroxyl groups is 2. The molecule has 190 valence electrons. The topological polar surface area (TPSA) is 130 Å². The third kappa shape index (κ3) is 4.27. The summed E-state index contributed by atoms with van der Waals surface area (Å²) in [4.78, 5) is 12.2. The number of carbonyl (C=O) groups excluding carboxylic acids is 1. The van der Waals surface area contributed by atoms with Crippen molar-refractivity contribution in [1.82, 2.24) is 4.72 Å². The van der Waals surface area contributed by atoms with Crippen molar-refractivity contribution in [3.8, 4) is 0 Å². The van der Waals surface area contributed by atoms with Crippen molar-refractivity contribution in [2.75, 3.05) is 0 Å². The van der Waals surface area contributed by atoms with Gasteiger partial charge in [-0.15, -0.1) is 0 Å². The van der Waals surface area contributed by atoms with Gasteiger partial charge in [-0.25, -0.2) is 9.86 Å². The van der Waals surface area contributed by atoms with Gasteiger partial charge < -0.3 is 10.2 Å². The molecule has 11 atom stereocenters. The Balaban J connectivity index is 1.58. The predicted octanol–water partition coefficient (Wildman–Crippen LogP) is 2.96. The molecule has 0 radical (unpaired) electrons. The number of rotatable bonds is 5. The summed E-state index contributed by atoms with van der Waals surface area (Å²) in [6.45, 7) is 9.03. The molecule has 4 saturated carbocycles. The maximum atomic E-state index is 12.2. The zero-order valence-corrected chi connectivity index (χ0v) is 21.5. The van der Waals surface area contributed by atoms with E-state index in [0.717, 1.165) is 51.4 Å². The lowest BCUT2D eigenvalue weighted by Gasteiger charge is -2.64. The van der Waals surface area contributed by atoms with Crippen LogP contribution in [0.2, 0.25) is 0 Å². The monoisotopic (exact) mass is 484 g/mol. The average molecular weight is 485 g/mol. The van der Waals surface area contributed by atoms with Crippen LogP contribution in [0.4, 0.5) is 0 Å². The Morgan fingerprint density at radius 3 is 2.33 bits per heavy atom. The van der Waals surface area contributed by atoms with Crippen LogP contribution in [0.15, 0.2) is 0 Å². The summed E-state index contributed by atoms with van der Waals surface area (Å²) < 4.78 is 24.4. The quantitative estimate of drug-likeness (QED) is 0.477. The van der Waals surface area contributed by atoms with E-state index in [0.29, 0.717) is 23.7 Å². The Labute approximate surface area is 199 Å². The first kappa shape index (κ1) is 25.4. The molecule has 0 spiro atoms. The van der Waals surface area contributed by atoms with Gasteiger partial charge in [0.25, 0.3) is 10.2 Å². The number of nitrogens with one attached hydrogen (secondary N) is 1. The van der Waals surface area contributed by atoms with Gasteiger partial charge in [0, 0.05) is 6.42 Å². The first-order valence-corrected chi connectivity index (χ1v) is 14.6. The Bertz CT molecular complexity index is 865. The molecule has 33 heavy (non-hydrogen) atoms. The van der Waals surface area contributed by atoms with Crippen molar-refractivity contribution in [3.05, 3.63) is 0 Å². The van der Waals surface area contributed by atoms with Crippen molar-refractivity contribution < 1.29 is 23.4 Å². The van der Waals surface area contributed by atoms with E-state index in [1.807, 2.05) is 4.72 Å². The lowest BCUT2D eigenvalue weighted by atomic mass is 9.41. The summed E-state index contributed by atoms with van der Waals surface area (Å²) in [5.74, 6) is 1.60. The Morgan fingerprint density at radius 2 is 1.70 bits per heavy atom. The van der Waals surface area contributed by atoms with Gasteiger partial charge in [-0.05, 0) is 97.2 Å². The predicted molar refractivity (Wildman–Crippen MR) is 127 cm³/mol. The molecular weight excluding hydrogens is 440 g/mol. The minimum Gasteiger partial charge on any atom is -0.393 e. The van der Waals surface area contributed by atoms with Crippen molar-refractivity contribution in [3.63, 3.8) is 0 Å². The maximum absolute atomic E-state index is 12.2. The summed E-state index contributed by atoms with van der Waals surface area (Å²) in [6, 6.07) is 0. The van der Waals surface area contributed by atoms with Crippen LogP contribution in [0.25, 0.3) is 0 Å². The second-order valence-electron chi connectivity index (χ2n) is 12.4. The third-order valence-corrected chi connectivity index (χ3v) is 11.4. The summed E-state index contributed by atoms with van der Waals surface area (Å²) >= 11 is 0. The Kier molecular flexibility index (Phi) is 6.74. The van der Waals surface area contributed by atoms with E-state index in [9.17, 15) is 23.4 Å². The molecule has 0 aromatic rings. The standard InChI is InChI=1S/C25H44N2O5S/c1-5-16-20-13-15(28)8-10-25(20,4)19-9-11-24(3)17(6-7-18(24)22(19)23(16)30)14(2)12-21(29)27-33(26,31)32/h14-20,22-23,28,30H,5-13H2,1-4H3,(H,27,29)(H2,26,31,32)/t14?,15-,16-,17-,18+,19+,20+,22+,23-,24-,25-/m1/s1. The Morgan fingerprint density at radius 1 is 1.06 bits per heavy atom. The molecule has 7 nitrogen and oxygen atoms in total. The molecule has 8 heteroatoms. The highest BCUT2D eigenvalue weighted by Crippen LogP contribution is 2.69. The molecule has 4 aliphatic rings. The first-order valence-electron chi connectivity index (χ1n) is 13.0. The van der Waals surface area contributed by atoms with E-state index >= 15 is 0 Å². The number of amides is 1. The summed E-state index contributed by atoms with van der Waals surface area (Å²) in [5.41, 5.74) is 0.212. The van der Waals surface area contributed by atoms with Gasteiger partial charge in [0.1, 0.15) is 0 Å². The summed E-state index contributed by atoms with van der Waals surface area (Å²) in [6.07, 6.45) is 7.46. The average Bonchev–Trinajstić information content (AvgIpc) is 3.05. The number of carbonyl (C=O) groups is 1. The molecule has 0 heterocycles. The van der Waals surface area contributed by atoms with Crippen LogP contribution < -0.4 is 9.86 Å². The molecule has 0 aromatic heterocycles. The van der Waals surface area contributed by atoms with Crippen LogP contribution in [0.1, 0.15) is 85.5 Å². The fourth-order valence-corrected chi connectivity index (χ4v) is 9.97. The lowest BCUT2D eigenvalue weighted by Crippen LogP contribution is -2.62. The van der Waals surface area contributed by atoms with Gasteiger partial charge in [-0.3, -0.25) is 4.79 Å². The molecule has 5 N–H and O–H groups in total. The van der Waals surface area contributed by atoms with Crippen molar-refractivity contribution in [1.29, 1.82) is 0 Å². The molecule has 0 saturated heterocycles. The fourth-order valence-electron chi connectivity index (χ4n) is 9.57. The van der Waals surface area contributed by atoms with E-state index in [2.05, 4.69) is 27.7 Å². The van der Waals surface area contributed by atoms with Gasteiger partial charge in [0.15, 0.2) is 0 Å². The van der Waals surface area contributed by atoms with Crippen LogP contribution >= 0.6 is 0 Å². The van der Waals surface area contributed by atoms with E-state index in [-0.39, 0.29) is 47.2 Å². The second-order valence-corrected chi connectivity index (χ2v) is 13.7. The highest BCUT2D eigenvalue weighted by molar-refractivity contribution is 7.87. The molecule has 1 amide bonds. The van der Waals surface area contributed by atoms with Crippen LogP contribution in [0.5, 0.6) is 0 Å². The molecule has 0 aliphatic heterocycles. The van der Waals surface area contributed by atoms with E-state index in [1.54, 1.807) is 0 Å². The number of hydrogen-bond acceptors (Lipinski definition) is 5. The van der Waals surface area contributed by atoms with Crippen LogP contribution in [-0.2, 0) is 15.0 Å². The van der Waals surface area contributed by atoms with Crippen LogP contribution in [0.3, 0.4) is 0 Å².